The summed E-state index contributed by atoms with van der Waals surface area (Å²) in [6.07, 6.45) is 5.10. The quantitative estimate of drug-likeness (QED) is 0.707. The molecule has 1 fully saturated rings. The molecule has 3 nitrogen and oxygen atoms in total. The fourth-order valence-corrected chi connectivity index (χ4v) is 2.11. The molecule has 1 aliphatic heterocycles. The molecular formula is C10H17N3. The molecule has 0 aliphatic carbocycles. The van der Waals surface area contributed by atoms with Gasteiger partial charge < -0.3 is 5.32 Å². The van der Waals surface area contributed by atoms with Gasteiger partial charge >= 0.3 is 0 Å². The number of hydrogen-bond donors (Lipinski definition) is 1. The van der Waals surface area contributed by atoms with Gasteiger partial charge in [-0.1, -0.05) is 13.8 Å². The van der Waals surface area contributed by atoms with Crippen LogP contribution in [-0.4, -0.2) is 22.9 Å². The number of nitrogens with zero attached hydrogens (tertiary/aromatic N) is 2. The predicted octanol–water partition coefficient (Wildman–Crippen LogP) is 1.44. The molecule has 3 heteroatoms. The Morgan fingerprint density at radius 1 is 1.54 bits per heavy atom. The fraction of sp³-hybridized carbons (Fsp3) is 0.700. The first kappa shape index (κ1) is 8.75. The minimum atomic E-state index is 0.310. The topological polar surface area (TPSA) is 29.9 Å². The summed E-state index contributed by atoms with van der Waals surface area (Å²) < 4.78 is 2.10. The summed E-state index contributed by atoms with van der Waals surface area (Å²) in [6.45, 7) is 6.78. The van der Waals surface area contributed by atoms with Crippen LogP contribution in [-0.2, 0) is 0 Å². The van der Waals surface area contributed by atoms with E-state index in [2.05, 4.69) is 35.1 Å². The van der Waals surface area contributed by atoms with E-state index < -0.39 is 0 Å². The van der Waals surface area contributed by atoms with Gasteiger partial charge in [0.1, 0.15) is 0 Å². The van der Waals surface area contributed by atoms with E-state index in [-0.39, 0.29) is 0 Å². The maximum atomic E-state index is 4.32. The van der Waals surface area contributed by atoms with Gasteiger partial charge in [-0.05, 0) is 24.4 Å². The largest absolute Gasteiger partial charge is 0.316 e. The number of aromatic nitrogens is 2. The van der Waals surface area contributed by atoms with E-state index in [1.807, 2.05) is 12.3 Å². The molecule has 1 aromatic rings. The summed E-state index contributed by atoms with van der Waals surface area (Å²) in [5, 5.41) is 7.75. The van der Waals surface area contributed by atoms with E-state index >= 15 is 0 Å². The van der Waals surface area contributed by atoms with E-state index in [1.54, 1.807) is 0 Å². The molecule has 1 saturated heterocycles. The van der Waals surface area contributed by atoms with Crippen LogP contribution in [0, 0.1) is 5.41 Å². The maximum absolute atomic E-state index is 4.32. The molecule has 1 N–H and O–H groups in total. The van der Waals surface area contributed by atoms with Gasteiger partial charge in [0.05, 0.1) is 6.04 Å². The third-order valence-electron chi connectivity index (χ3n) is 2.92. The second-order valence-electron chi connectivity index (χ2n) is 4.46. The van der Waals surface area contributed by atoms with Crippen LogP contribution >= 0.6 is 0 Å². The Labute approximate surface area is 79.1 Å². The van der Waals surface area contributed by atoms with Crippen LogP contribution in [0.2, 0.25) is 0 Å². The van der Waals surface area contributed by atoms with Gasteiger partial charge in [0, 0.05) is 18.9 Å². The van der Waals surface area contributed by atoms with Gasteiger partial charge in [0.15, 0.2) is 0 Å². The highest BCUT2D eigenvalue weighted by Crippen LogP contribution is 2.34. The van der Waals surface area contributed by atoms with Crippen molar-refractivity contribution in [2.75, 3.05) is 13.1 Å². The third kappa shape index (κ3) is 1.61. The van der Waals surface area contributed by atoms with Crippen molar-refractivity contribution in [3.8, 4) is 0 Å². The molecule has 0 bridgehead atoms. The first-order chi connectivity index (χ1) is 6.20. The summed E-state index contributed by atoms with van der Waals surface area (Å²) in [7, 11) is 0. The van der Waals surface area contributed by atoms with Crippen LogP contribution in [0.1, 0.15) is 26.3 Å². The van der Waals surface area contributed by atoms with E-state index in [0.29, 0.717) is 11.5 Å². The Hall–Kier alpha value is -0.830. The van der Waals surface area contributed by atoms with Gasteiger partial charge in [-0.25, -0.2) is 0 Å². The zero-order valence-electron chi connectivity index (χ0n) is 8.33. The highest BCUT2D eigenvalue weighted by Gasteiger charge is 2.33. The summed E-state index contributed by atoms with van der Waals surface area (Å²) in [5.41, 5.74) is 0.310. The second kappa shape index (κ2) is 3.14. The molecule has 0 radical (unpaired) electrons. The Kier molecular flexibility index (Phi) is 2.12. The molecule has 0 amide bonds. The predicted molar refractivity (Wildman–Crippen MR) is 52.5 cm³/mol. The molecular weight excluding hydrogens is 162 g/mol. The number of nitrogens with one attached hydrogen (secondary N) is 1. The SMILES string of the molecule is CC1(C)CNCCC1n1cccn1. The van der Waals surface area contributed by atoms with Gasteiger partial charge in [-0.3, -0.25) is 4.68 Å². The van der Waals surface area contributed by atoms with Gasteiger partial charge in [0.2, 0.25) is 0 Å². The molecule has 0 saturated carbocycles. The Morgan fingerprint density at radius 3 is 3.00 bits per heavy atom. The highest BCUT2D eigenvalue weighted by atomic mass is 15.3. The zero-order chi connectivity index (χ0) is 9.31. The number of rotatable bonds is 1. The first-order valence-corrected chi connectivity index (χ1v) is 4.90. The van der Waals surface area contributed by atoms with Crippen LogP contribution in [0.3, 0.4) is 0 Å². The van der Waals surface area contributed by atoms with E-state index in [0.717, 1.165) is 13.1 Å². The van der Waals surface area contributed by atoms with Crippen molar-refractivity contribution in [1.29, 1.82) is 0 Å². The molecule has 0 spiro atoms. The molecule has 1 aromatic heterocycles. The minimum Gasteiger partial charge on any atom is -0.316 e. The second-order valence-corrected chi connectivity index (χ2v) is 4.46. The van der Waals surface area contributed by atoms with E-state index in [9.17, 15) is 0 Å². The van der Waals surface area contributed by atoms with E-state index in [4.69, 9.17) is 0 Å². The van der Waals surface area contributed by atoms with Crippen molar-refractivity contribution in [3.05, 3.63) is 18.5 Å². The Balaban J connectivity index is 2.21. The van der Waals surface area contributed by atoms with Crippen molar-refractivity contribution in [2.45, 2.75) is 26.3 Å². The monoisotopic (exact) mass is 179 g/mol. The molecule has 2 rings (SSSR count). The molecule has 72 valence electrons. The molecule has 1 aliphatic rings. The van der Waals surface area contributed by atoms with Crippen molar-refractivity contribution in [3.63, 3.8) is 0 Å². The summed E-state index contributed by atoms with van der Waals surface area (Å²) >= 11 is 0. The molecule has 0 aromatic carbocycles. The van der Waals surface area contributed by atoms with E-state index in [1.165, 1.54) is 6.42 Å². The smallest absolute Gasteiger partial charge is 0.0594 e. The molecule has 1 atom stereocenters. The Bertz CT molecular complexity index is 264. The minimum absolute atomic E-state index is 0.310. The third-order valence-corrected chi connectivity index (χ3v) is 2.92. The van der Waals surface area contributed by atoms with Crippen LogP contribution in [0.4, 0.5) is 0 Å². The maximum Gasteiger partial charge on any atom is 0.0594 e. The lowest BCUT2D eigenvalue weighted by atomic mass is 9.80. The standard InChI is InChI=1S/C10H17N3/c1-10(2)8-11-6-4-9(10)13-7-3-5-12-13/h3,5,7,9,11H,4,6,8H2,1-2H3. The van der Waals surface area contributed by atoms with Crippen LogP contribution in [0.25, 0.3) is 0 Å². The first-order valence-electron chi connectivity index (χ1n) is 4.90. The number of piperidine rings is 1. The average Bonchev–Trinajstić information content (AvgIpc) is 2.55. The summed E-state index contributed by atoms with van der Waals surface area (Å²) in [5.74, 6) is 0. The fourth-order valence-electron chi connectivity index (χ4n) is 2.11. The number of hydrogen-bond acceptors (Lipinski definition) is 2. The average molecular weight is 179 g/mol. The normalized spacial score (nSPS) is 27.4. The zero-order valence-corrected chi connectivity index (χ0v) is 8.33. The lowest BCUT2D eigenvalue weighted by molar-refractivity contribution is 0.149. The van der Waals surface area contributed by atoms with Crippen LogP contribution in [0.5, 0.6) is 0 Å². The van der Waals surface area contributed by atoms with Gasteiger partial charge in [-0.2, -0.15) is 5.10 Å². The summed E-state index contributed by atoms with van der Waals surface area (Å²) in [4.78, 5) is 0. The molecule has 1 unspecified atom stereocenters. The van der Waals surface area contributed by atoms with Crippen LogP contribution in [0.15, 0.2) is 18.5 Å². The van der Waals surface area contributed by atoms with Crippen molar-refractivity contribution < 1.29 is 0 Å². The van der Waals surface area contributed by atoms with Crippen molar-refractivity contribution in [1.82, 2.24) is 15.1 Å². The van der Waals surface area contributed by atoms with Crippen molar-refractivity contribution in [2.24, 2.45) is 5.41 Å². The summed E-state index contributed by atoms with van der Waals surface area (Å²) in [6, 6.07) is 2.54. The van der Waals surface area contributed by atoms with Crippen molar-refractivity contribution >= 4 is 0 Å². The highest BCUT2D eigenvalue weighted by molar-refractivity contribution is 4.92. The van der Waals surface area contributed by atoms with Gasteiger partial charge in [0.25, 0.3) is 0 Å². The lowest BCUT2D eigenvalue weighted by Gasteiger charge is -2.39. The lowest BCUT2D eigenvalue weighted by Crippen LogP contribution is -2.43. The van der Waals surface area contributed by atoms with Gasteiger partial charge in [-0.15, -0.1) is 0 Å². The molecule has 2 heterocycles. The Morgan fingerprint density at radius 2 is 2.38 bits per heavy atom. The molecule has 13 heavy (non-hydrogen) atoms. The van der Waals surface area contributed by atoms with Crippen LogP contribution < -0.4 is 5.32 Å².